The zero-order chi connectivity index (χ0) is 26.3. The number of Topliss-reactive ketones (excluding diaryl/α,β-unsaturated/α-hetero) is 1. The molecule has 1 atom stereocenters. The van der Waals surface area contributed by atoms with Gasteiger partial charge in [-0.3, -0.25) is 14.4 Å². The molecule has 1 amide bonds. The van der Waals surface area contributed by atoms with Gasteiger partial charge in [-0.15, -0.1) is 0 Å². The average molecular weight is 504 g/mol. The van der Waals surface area contributed by atoms with Gasteiger partial charge in [0.15, 0.2) is 0 Å². The smallest absolute Gasteiger partial charge is 0.355 e. The fraction of sp³-hybridized carbons (Fsp3) is 0.333. The molecule has 10 heteroatoms. The van der Waals surface area contributed by atoms with Crippen LogP contribution < -0.4 is 10.9 Å². The molecule has 0 saturated carbocycles. The summed E-state index contributed by atoms with van der Waals surface area (Å²) in [5, 5.41) is 3.35. The van der Waals surface area contributed by atoms with Gasteiger partial charge in [0.2, 0.25) is 11.5 Å². The number of hydrogen-bond donors (Lipinski definition) is 1. The van der Waals surface area contributed by atoms with Crippen molar-refractivity contribution in [3.8, 4) is 11.4 Å². The van der Waals surface area contributed by atoms with Crippen molar-refractivity contribution >= 4 is 34.5 Å². The van der Waals surface area contributed by atoms with Gasteiger partial charge < -0.3 is 24.2 Å². The molecule has 0 fully saturated rings. The molecule has 37 heavy (non-hydrogen) atoms. The van der Waals surface area contributed by atoms with Gasteiger partial charge in [-0.2, -0.15) is 0 Å². The van der Waals surface area contributed by atoms with Crippen LogP contribution in [-0.2, 0) is 47.4 Å². The number of carbonyl (C=O) groups excluding carboxylic acids is 4. The number of para-hydroxylation sites is 1. The molecule has 1 N–H and O–H groups in total. The lowest BCUT2D eigenvalue weighted by Crippen LogP contribution is -2.48. The molecule has 0 unspecified atom stereocenters. The zero-order valence-electron chi connectivity index (χ0n) is 20.5. The van der Waals surface area contributed by atoms with E-state index >= 15 is 0 Å². The van der Waals surface area contributed by atoms with E-state index < -0.39 is 30.0 Å². The normalized spacial score (nSPS) is 17.4. The van der Waals surface area contributed by atoms with Gasteiger partial charge in [0, 0.05) is 29.4 Å². The number of amides is 1. The highest BCUT2D eigenvalue weighted by Crippen LogP contribution is 2.40. The van der Waals surface area contributed by atoms with Crippen molar-refractivity contribution in [1.29, 1.82) is 0 Å². The monoisotopic (exact) mass is 503 g/mol. The molecule has 0 saturated heterocycles. The first-order chi connectivity index (χ1) is 17.7. The summed E-state index contributed by atoms with van der Waals surface area (Å²) in [6.45, 7) is 2.61. The molecule has 2 aliphatic rings. The van der Waals surface area contributed by atoms with Crippen LogP contribution >= 0.6 is 0 Å². The maximum absolute atomic E-state index is 13.5. The maximum Gasteiger partial charge on any atom is 0.355 e. The highest BCUT2D eigenvalue weighted by Gasteiger charge is 2.50. The van der Waals surface area contributed by atoms with Crippen LogP contribution in [0.25, 0.3) is 22.3 Å². The van der Waals surface area contributed by atoms with Crippen molar-refractivity contribution in [1.82, 2.24) is 14.9 Å². The molecule has 0 radical (unpaired) electrons. The number of fused-ring (bicyclic) bond motifs is 5. The van der Waals surface area contributed by atoms with E-state index in [0.717, 1.165) is 16.5 Å². The number of hydrogen-bond acceptors (Lipinski definition) is 8. The number of benzene rings is 1. The van der Waals surface area contributed by atoms with Crippen LogP contribution in [0.5, 0.6) is 0 Å². The third-order valence-corrected chi connectivity index (χ3v) is 6.81. The second kappa shape index (κ2) is 9.27. The summed E-state index contributed by atoms with van der Waals surface area (Å²) in [5.74, 6) is -2.29. The van der Waals surface area contributed by atoms with Gasteiger partial charge in [0.1, 0.15) is 18.9 Å². The van der Waals surface area contributed by atoms with E-state index in [1.54, 1.807) is 17.6 Å². The van der Waals surface area contributed by atoms with Gasteiger partial charge in [0.05, 0.1) is 29.0 Å². The quantitative estimate of drug-likeness (QED) is 0.379. The molecule has 4 heterocycles. The predicted molar refractivity (Wildman–Crippen MR) is 131 cm³/mol. The summed E-state index contributed by atoms with van der Waals surface area (Å²) in [6.07, 6.45) is 0.0134. The number of ether oxygens (including phenoxy) is 2. The predicted octanol–water partition coefficient (Wildman–Crippen LogP) is 2.12. The second-order valence-corrected chi connectivity index (χ2v) is 9.21. The van der Waals surface area contributed by atoms with Gasteiger partial charge in [0.25, 0.3) is 5.56 Å². The molecule has 1 aromatic carbocycles. The van der Waals surface area contributed by atoms with Gasteiger partial charge in [-0.25, -0.2) is 9.78 Å². The van der Waals surface area contributed by atoms with Crippen molar-refractivity contribution in [2.75, 3.05) is 6.54 Å². The van der Waals surface area contributed by atoms with Crippen LogP contribution in [0, 0.1) is 0 Å². The van der Waals surface area contributed by atoms with Crippen LogP contribution in [0.4, 0.5) is 0 Å². The number of nitrogens with zero attached hydrogens (tertiary/aromatic N) is 2. The van der Waals surface area contributed by atoms with E-state index in [1.807, 2.05) is 30.3 Å². The highest BCUT2D eigenvalue weighted by atomic mass is 16.6. The van der Waals surface area contributed by atoms with Crippen LogP contribution in [-0.4, -0.2) is 39.7 Å². The van der Waals surface area contributed by atoms with E-state index in [2.05, 4.69) is 5.32 Å². The lowest BCUT2D eigenvalue weighted by atomic mass is 9.85. The Morgan fingerprint density at radius 3 is 2.70 bits per heavy atom. The summed E-state index contributed by atoms with van der Waals surface area (Å²) in [5.41, 5.74) is 1.13. The first-order valence-electron chi connectivity index (χ1n) is 12.0. The van der Waals surface area contributed by atoms with E-state index in [1.165, 1.54) is 6.92 Å². The second-order valence-electron chi connectivity index (χ2n) is 9.21. The summed E-state index contributed by atoms with van der Waals surface area (Å²) in [4.78, 5) is 67.1. The summed E-state index contributed by atoms with van der Waals surface area (Å²) in [7, 11) is 0. The molecule has 0 bridgehead atoms. The van der Waals surface area contributed by atoms with Crippen molar-refractivity contribution in [2.45, 2.75) is 51.9 Å². The molecule has 2 aromatic heterocycles. The summed E-state index contributed by atoms with van der Waals surface area (Å²) in [6, 6.07) is 11.3. The Kier molecular flexibility index (Phi) is 6.10. The van der Waals surface area contributed by atoms with Gasteiger partial charge in [-0.05, 0) is 31.5 Å². The first kappa shape index (κ1) is 24.4. The number of pyridine rings is 2. The number of carbonyl (C=O) groups is 4. The Morgan fingerprint density at radius 2 is 1.95 bits per heavy atom. The number of rotatable bonds is 7. The zero-order valence-corrected chi connectivity index (χ0v) is 20.5. The largest absolute Gasteiger partial charge is 0.457 e. The number of nitrogens with one attached hydrogen (secondary N) is 1. The highest BCUT2D eigenvalue weighted by molar-refractivity contribution is 5.90. The Bertz CT molecular complexity index is 1540. The molecular weight excluding hydrogens is 478 g/mol. The molecule has 2 aliphatic heterocycles. The summed E-state index contributed by atoms with van der Waals surface area (Å²) >= 11 is 0. The van der Waals surface area contributed by atoms with Crippen LogP contribution in [0.1, 0.15) is 49.8 Å². The number of esters is 2. The minimum absolute atomic E-state index is 0.0176. The number of cyclic esters (lactones) is 1. The molecule has 5 rings (SSSR count). The minimum Gasteiger partial charge on any atom is -0.457 e. The van der Waals surface area contributed by atoms with Crippen molar-refractivity contribution in [2.24, 2.45) is 0 Å². The van der Waals surface area contributed by atoms with Crippen LogP contribution in [0.2, 0.25) is 0 Å². The average Bonchev–Trinajstić information content (AvgIpc) is 3.24. The lowest BCUT2D eigenvalue weighted by Gasteiger charge is -2.35. The molecule has 3 aromatic rings. The summed E-state index contributed by atoms with van der Waals surface area (Å²) < 4.78 is 12.6. The Hall–Kier alpha value is -4.34. The third kappa shape index (κ3) is 4.18. The molecule has 0 aliphatic carbocycles. The van der Waals surface area contributed by atoms with E-state index in [0.29, 0.717) is 17.9 Å². The van der Waals surface area contributed by atoms with Crippen LogP contribution in [0.3, 0.4) is 0 Å². The van der Waals surface area contributed by atoms with Gasteiger partial charge >= 0.3 is 11.9 Å². The Labute approximate surface area is 211 Å². The van der Waals surface area contributed by atoms with Crippen LogP contribution in [0.15, 0.2) is 41.2 Å². The van der Waals surface area contributed by atoms with Crippen molar-refractivity contribution in [3.63, 3.8) is 0 Å². The maximum atomic E-state index is 13.5. The number of aromatic nitrogens is 2. The van der Waals surface area contributed by atoms with E-state index in [-0.39, 0.29) is 48.3 Å². The Balaban J connectivity index is 1.51. The Morgan fingerprint density at radius 1 is 1.16 bits per heavy atom. The lowest BCUT2D eigenvalue weighted by molar-refractivity contribution is -0.189. The molecular formula is C27H25N3O7. The molecule has 190 valence electrons. The molecule has 10 nitrogen and oxygen atoms in total. The van der Waals surface area contributed by atoms with Gasteiger partial charge in [-0.1, -0.05) is 25.1 Å². The van der Waals surface area contributed by atoms with E-state index in [4.69, 9.17) is 14.5 Å². The fourth-order valence-corrected chi connectivity index (χ4v) is 4.86. The SMILES string of the molecule is CC[C@@]1(OC(=O)CNC(=O)CCC(C)=O)C(=O)OCc2c1cc1n(c2=O)Cc2cc3ccccc3nc2-1. The first-order valence-corrected chi connectivity index (χ1v) is 12.0. The van der Waals surface area contributed by atoms with E-state index in [9.17, 15) is 24.0 Å². The topological polar surface area (TPSA) is 134 Å². The minimum atomic E-state index is -1.84. The van der Waals surface area contributed by atoms with Crippen molar-refractivity contribution in [3.05, 3.63) is 63.4 Å². The van der Waals surface area contributed by atoms with Crippen molar-refractivity contribution < 1.29 is 28.7 Å². The number of ketones is 1. The third-order valence-electron chi connectivity index (χ3n) is 6.81. The standard InChI is InChI=1S/C27H25N3O7/c1-3-27(37-23(33)12-28-22(32)9-8-15(2)31)19-11-21-24-17(10-16-6-4-5-7-20(16)29-24)13-30(21)25(34)18(19)14-36-26(27)35/h4-7,10-11H,3,8-9,12-14H2,1-2H3,(H,28,32)/t27-/m0/s1. The molecule has 0 spiro atoms. The fourth-order valence-electron chi connectivity index (χ4n) is 4.86.